The van der Waals surface area contributed by atoms with Gasteiger partial charge in [0.15, 0.2) is 0 Å². The summed E-state index contributed by atoms with van der Waals surface area (Å²) in [4.78, 5) is 2.48. The van der Waals surface area contributed by atoms with Gasteiger partial charge in [-0.15, -0.1) is 0 Å². The second kappa shape index (κ2) is 5.10. The zero-order chi connectivity index (χ0) is 9.80. The molecule has 0 aromatic heterocycles. The summed E-state index contributed by atoms with van der Waals surface area (Å²) >= 11 is 0. The van der Waals surface area contributed by atoms with Gasteiger partial charge in [0.2, 0.25) is 0 Å². The van der Waals surface area contributed by atoms with E-state index in [0.717, 1.165) is 25.2 Å². The first-order chi connectivity index (χ1) is 6.86. The minimum absolute atomic E-state index is 0.737. The Morgan fingerprint density at radius 2 is 2.21 bits per heavy atom. The molecule has 1 heterocycles. The Bertz CT molecular complexity index is 158. The molecular formula is C11H23N3. The van der Waals surface area contributed by atoms with Crippen molar-refractivity contribution in [1.29, 1.82) is 0 Å². The lowest BCUT2D eigenvalue weighted by atomic mass is 10.2. The van der Waals surface area contributed by atoms with Crippen LogP contribution in [0.1, 0.15) is 25.7 Å². The van der Waals surface area contributed by atoms with Crippen molar-refractivity contribution in [2.45, 2.75) is 37.8 Å². The Balaban J connectivity index is 1.46. The van der Waals surface area contributed by atoms with Crippen molar-refractivity contribution in [3.05, 3.63) is 0 Å². The number of hydrogen-bond donors (Lipinski definition) is 2. The van der Waals surface area contributed by atoms with Gasteiger partial charge in [-0.05, 0) is 39.3 Å². The fourth-order valence-corrected chi connectivity index (χ4v) is 2.16. The molecule has 3 nitrogen and oxygen atoms in total. The van der Waals surface area contributed by atoms with E-state index < -0.39 is 0 Å². The lowest BCUT2D eigenvalue weighted by Crippen LogP contribution is -2.38. The SMILES string of the molecule is CN(CCNCC1CCCN1)C1CC1. The van der Waals surface area contributed by atoms with Gasteiger partial charge in [-0.25, -0.2) is 0 Å². The van der Waals surface area contributed by atoms with Gasteiger partial charge in [-0.2, -0.15) is 0 Å². The van der Waals surface area contributed by atoms with Crippen LogP contribution in [0.5, 0.6) is 0 Å². The normalized spacial score (nSPS) is 27.4. The molecule has 1 saturated heterocycles. The fourth-order valence-electron chi connectivity index (χ4n) is 2.16. The maximum atomic E-state index is 3.54. The standard InChI is InChI=1S/C11H23N3/c1-14(11-4-5-11)8-7-12-9-10-3-2-6-13-10/h10-13H,2-9H2,1H3. The van der Waals surface area contributed by atoms with Crippen molar-refractivity contribution in [3.63, 3.8) is 0 Å². The highest BCUT2D eigenvalue weighted by molar-refractivity contribution is 4.83. The van der Waals surface area contributed by atoms with Crippen LogP contribution in [-0.4, -0.2) is 50.2 Å². The van der Waals surface area contributed by atoms with Crippen LogP contribution in [0.3, 0.4) is 0 Å². The van der Waals surface area contributed by atoms with Gasteiger partial charge in [0.1, 0.15) is 0 Å². The molecule has 14 heavy (non-hydrogen) atoms. The summed E-state index contributed by atoms with van der Waals surface area (Å²) in [5, 5.41) is 7.04. The van der Waals surface area contributed by atoms with Gasteiger partial charge in [0.25, 0.3) is 0 Å². The smallest absolute Gasteiger partial charge is 0.0192 e. The average molecular weight is 197 g/mol. The van der Waals surface area contributed by atoms with Crippen LogP contribution in [0, 0.1) is 0 Å². The number of hydrogen-bond acceptors (Lipinski definition) is 3. The molecule has 2 fully saturated rings. The van der Waals surface area contributed by atoms with Crippen LogP contribution in [0.2, 0.25) is 0 Å². The van der Waals surface area contributed by atoms with Crippen LogP contribution in [0.4, 0.5) is 0 Å². The molecule has 3 heteroatoms. The van der Waals surface area contributed by atoms with E-state index in [9.17, 15) is 0 Å². The van der Waals surface area contributed by atoms with Gasteiger partial charge in [-0.1, -0.05) is 0 Å². The second-order valence-electron chi connectivity index (χ2n) is 4.71. The molecule has 2 rings (SSSR count). The summed E-state index contributed by atoms with van der Waals surface area (Å²) in [6.45, 7) is 4.72. The van der Waals surface area contributed by atoms with Crippen LogP contribution >= 0.6 is 0 Å². The number of nitrogens with zero attached hydrogens (tertiary/aromatic N) is 1. The summed E-state index contributed by atoms with van der Waals surface area (Å²) in [7, 11) is 2.24. The molecule has 2 aliphatic rings. The van der Waals surface area contributed by atoms with E-state index in [4.69, 9.17) is 0 Å². The zero-order valence-electron chi connectivity index (χ0n) is 9.26. The van der Waals surface area contributed by atoms with Gasteiger partial charge in [0, 0.05) is 31.7 Å². The Hall–Kier alpha value is -0.120. The van der Waals surface area contributed by atoms with Crippen LogP contribution in [0.15, 0.2) is 0 Å². The number of likely N-dealkylation sites (N-methyl/N-ethyl adjacent to an activating group) is 1. The molecule has 0 aromatic rings. The predicted molar refractivity (Wildman–Crippen MR) is 59.5 cm³/mol. The summed E-state index contributed by atoms with van der Waals surface area (Å²) in [6.07, 6.45) is 5.54. The van der Waals surface area contributed by atoms with Crippen molar-refractivity contribution in [1.82, 2.24) is 15.5 Å². The highest BCUT2D eigenvalue weighted by atomic mass is 15.2. The molecule has 1 saturated carbocycles. The molecule has 1 atom stereocenters. The van der Waals surface area contributed by atoms with Crippen molar-refractivity contribution < 1.29 is 0 Å². The summed E-state index contributed by atoms with van der Waals surface area (Å²) in [5.74, 6) is 0. The van der Waals surface area contributed by atoms with E-state index in [1.807, 2.05) is 0 Å². The molecule has 1 unspecified atom stereocenters. The zero-order valence-corrected chi connectivity index (χ0v) is 9.26. The van der Waals surface area contributed by atoms with Crippen LogP contribution < -0.4 is 10.6 Å². The Labute approximate surface area is 87.2 Å². The lowest BCUT2D eigenvalue weighted by molar-refractivity contribution is 0.319. The van der Waals surface area contributed by atoms with Gasteiger partial charge in [0.05, 0.1) is 0 Å². The second-order valence-corrected chi connectivity index (χ2v) is 4.71. The minimum atomic E-state index is 0.737. The molecule has 0 aromatic carbocycles. The van der Waals surface area contributed by atoms with E-state index in [2.05, 4.69) is 22.6 Å². The van der Waals surface area contributed by atoms with Gasteiger partial charge < -0.3 is 15.5 Å². The highest BCUT2D eigenvalue weighted by Crippen LogP contribution is 2.24. The van der Waals surface area contributed by atoms with Gasteiger partial charge in [-0.3, -0.25) is 0 Å². The minimum Gasteiger partial charge on any atom is -0.314 e. The predicted octanol–water partition coefficient (Wildman–Crippen LogP) is 0.422. The molecule has 2 N–H and O–H groups in total. The largest absolute Gasteiger partial charge is 0.314 e. The third kappa shape index (κ3) is 3.23. The first kappa shape index (κ1) is 10.4. The highest BCUT2D eigenvalue weighted by Gasteiger charge is 2.25. The molecular weight excluding hydrogens is 174 g/mol. The molecule has 0 radical (unpaired) electrons. The lowest BCUT2D eigenvalue weighted by Gasteiger charge is -2.17. The average Bonchev–Trinajstić information content (AvgIpc) is 2.92. The van der Waals surface area contributed by atoms with E-state index in [-0.39, 0.29) is 0 Å². The summed E-state index contributed by atoms with van der Waals surface area (Å²) in [6, 6.07) is 1.64. The van der Waals surface area contributed by atoms with E-state index in [1.54, 1.807) is 0 Å². The van der Waals surface area contributed by atoms with E-state index in [0.29, 0.717) is 0 Å². The molecule has 1 aliphatic heterocycles. The quantitative estimate of drug-likeness (QED) is 0.604. The van der Waals surface area contributed by atoms with Crippen molar-refractivity contribution in [3.8, 4) is 0 Å². The van der Waals surface area contributed by atoms with Gasteiger partial charge >= 0.3 is 0 Å². The van der Waals surface area contributed by atoms with E-state index >= 15 is 0 Å². The molecule has 0 bridgehead atoms. The maximum absolute atomic E-state index is 3.54. The van der Waals surface area contributed by atoms with Crippen molar-refractivity contribution >= 4 is 0 Å². The Kier molecular flexibility index (Phi) is 3.79. The first-order valence-electron chi connectivity index (χ1n) is 6.00. The third-order valence-corrected chi connectivity index (χ3v) is 3.36. The Morgan fingerprint density at radius 1 is 1.36 bits per heavy atom. The number of nitrogens with one attached hydrogen (secondary N) is 2. The first-order valence-corrected chi connectivity index (χ1v) is 6.00. The monoisotopic (exact) mass is 197 g/mol. The third-order valence-electron chi connectivity index (χ3n) is 3.36. The summed E-state index contributed by atoms with van der Waals surface area (Å²) in [5.41, 5.74) is 0. The molecule has 0 amide bonds. The summed E-state index contributed by atoms with van der Waals surface area (Å²) < 4.78 is 0. The number of rotatable bonds is 6. The van der Waals surface area contributed by atoms with Crippen molar-refractivity contribution in [2.24, 2.45) is 0 Å². The van der Waals surface area contributed by atoms with E-state index in [1.165, 1.54) is 38.8 Å². The molecule has 82 valence electrons. The van der Waals surface area contributed by atoms with Crippen molar-refractivity contribution in [2.75, 3.05) is 33.2 Å². The molecule has 0 spiro atoms. The topological polar surface area (TPSA) is 27.3 Å². The Morgan fingerprint density at radius 3 is 2.86 bits per heavy atom. The molecule has 1 aliphatic carbocycles. The van der Waals surface area contributed by atoms with Crippen LogP contribution in [-0.2, 0) is 0 Å². The van der Waals surface area contributed by atoms with Crippen LogP contribution in [0.25, 0.3) is 0 Å². The maximum Gasteiger partial charge on any atom is 0.0192 e. The fraction of sp³-hybridized carbons (Fsp3) is 1.00.